The minimum Gasteiger partial charge on any atom is -0.508 e. The van der Waals surface area contributed by atoms with Crippen LogP contribution in [0, 0.1) is 35.3 Å². The highest BCUT2D eigenvalue weighted by Gasteiger charge is 2.45. The molecular formula is C53H57ClF2N10O5. The number of terminal acetylenes is 1. The van der Waals surface area contributed by atoms with Crippen LogP contribution in [0.5, 0.6) is 11.8 Å². The number of aromatic hydroxyl groups is 1. The van der Waals surface area contributed by atoms with E-state index in [1.54, 1.807) is 24.4 Å². The molecule has 5 saturated heterocycles. The number of carbonyl (C=O) groups is 3. The van der Waals surface area contributed by atoms with Gasteiger partial charge in [-0.25, -0.2) is 13.6 Å². The number of piperazine rings is 2. The lowest BCUT2D eigenvalue weighted by Gasteiger charge is -2.37. The Hall–Kier alpha value is -6.19. The molecule has 3 N–H and O–H groups in total. The fourth-order valence-corrected chi connectivity index (χ4v) is 11.7. The molecule has 1 aliphatic carbocycles. The first kappa shape index (κ1) is 47.2. The second kappa shape index (κ2) is 19.4. The van der Waals surface area contributed by atoms with Gasteiger partial charge in [0.25, 0.3) is 5.91 Å². The number of urea groups is 1. The van der Waals surface area contributed by atoms with E-state index in [4.69, 9.17) is 32.7 Å². The Bertz CT molecular complexity index is 2960. The highest BCUT2D eigenvalue weighted by molar-refractivity contribution is 6.34. The number of ether oxygens (including phenoxy) is 1. The van der Waals surface area contributed by atoms with Crippen LogP contribution in [-0.2, 0) is 4.79 Å². The number of hydrogen-bond donors (Lipinski definition) is 3. The van der Waals surface area contributed by atoms with Crippen molar-refractivity contribution in [3.05, 3.63) is 76.4 Å². The number of amides is 4. The number of fused-ring (bicyclic) bond motifs is 4. The Labute approximate surface area is 415 Å². The van der Waals surface area contributed by atoms with Crippen LogP contribution in [-0.4, -0.2) is 143 Å². The largest absolute Gasteiger partial charge is 0.508 e. The summed E-state index contributed by atoms with van der Waals surface area (Å²) in [4.78, 5) is 62.4. The molecule has 18 heteroatoms. The lowest BCUT2D eigenvalue weighted by Crippen LogP contribution is -2.51. The zero-order valence-electron chi connectivity index (χ0n) is 39.6. The summed E-state index contributed by atoms with van der Waals surface area (Å²) in [5.74, 6) is 1.63. The lowest BCUT2D eigenvalue weighted by molar-refractivity contribution is -0.120. The molecule has 1 saturated carbocycles. The number of phenolic OH excluding ortho intramolecular Hbond substituents is 1. The normalized spacial score (nSPS) is 21.7. The number of pyridine rings is 1. The zero-order chi connectivity index (χ0) is 49.0. The maximum atomic E-state index is 17.1. The molecule has 3 aromatic carbocycles. The van der Waals surface area contributed by atoms with E-state index >= 15 is 8.78 Å². The van der Waals surface area contributed by atoms with E-state index in [9.17, 15) is 19.5 Å². The maximum absolute atomic E-state index is 17.1. The third-order valence-electron chi connectivity index (χ3n) is 15.6. The number of carbonyl (C=O) groups excluding carboxylic acids is 3. The average Bonchev–Trinajstić information content (AvgIpc) is 4.06. The molecule has 6 fully saturated rings. The second-order valence-electron chi connectivity index (χ2n) is 20.4. The van der Waals surface area contributed by atoms with Crippen molar-refractivity contribution in [2.24, 2.45) is 11.3 Å². The molecule has 2 bridgehead atoms. The van der Waals surface area contributed by atoms with E-state index in [1.165, 1.54) is 29.2 Å². The number of nitrogens with zero attached hydrogens (tertiary/aromatic N) is 8. The predicted octanol–water partition coefficient (Wildman–Crippen LogP) is 6.96. The van der Waals surface area contributed by atoms with Crippen molar-refractivity contribution in [1.82, 2.24) is 40.3 Å². The highest BCUT2D eigenvalue weighted by Crippen LogP contribution is 2.47. The van der Waals surface area contributed by atoms with Crippen molar-refractivity contribution in [2.75, 3.05) is 88.4 Å². The van der Waals surface area contributed by atoms with Gasteiger partial charge in [0.15, 0.2) is 5.82 Å². The summed E-state index contributed by atoms with van der Waals surface area (Å²) >= 11 is 6.42. The molecule has 2 atom stereocenters. The number of phenols is 1. The molecule has 0 radical (unpaired) electrons. The Kier molecular flexibility index (Phi) is 12.9. The van der Waals surface area contributed by atoms with Crippen molar-refractivity contribution >= 4 is 62.6 Å². The molecule has 4 amide bonds. The van der Waals surface area contributed by atoms with Gasteiger partial charge in [-0.2, -0.15) is 9.97 Å². The van der Waals surface area contributed by atoms with Gasteiger partial charge in [0, 0.05) is 112 Å². The Balaban J connectivity index is 0.694. The maximum Gasteiger partial charge on any atom is 0.328 e. The second-order valence-corrected chi connectivity index (χ2v) is 20.8. The first-order valence-electron chi connectivity index (χ1n) is 25.0. The van der Waals surface area contributed by atoms with Gasteiger partial charge < -0.3 is 34.8 Å². The van der Waals surface area contributed by atoms with Gasteiger partial charge >= 0.3 is 12.0 Å². The van der Waals surface area contributed by atoms with Gasteiger partial charge in [-0.3, -0.25) is 24.8 Å². The summed E-state index contributed by atoms with van der Waals surface area (Å²) in [5, 5.41) is 18.2. The minimum absolute atomic E-state index is 0.0359. The van der Waals surface area contributed by atoms with Crippen LogP contribution < -0.4 is 25.2 Å². The van der Waals surface area contributed by atoms with Crippen molar-refractivity contribution in [3.8, 4) is 35.4 Å². The Morgan fingerprint density at radius 3 is 2.44 bits per heavy atom. The molecule has 5 aromatic rings. The standard InChI is InChI=1S/C53H57ClF2N10O5/c1-2-38-42(55)10-6-33-24-37(67)26-39(45(33)38)47-46(56)48-40(27-57-47)49(65-28-35-7-8-36(29-65)58-35)61-51(60-48)71-31-53(14-15-53)30-63-22-20-62(21-23-63)16-3-4-32-11-17-64(18-12-32)50(69)34-5-9-41(54)43(25-34)66-19-13-44(68)59-52(66)70/h1,5-6,9-10,24-27,32,35-36,58,67H,3-4,7-8,11-23,28-31H2,(H,59,68,70). The number of nitrogens with one attached hydrogen (secondary N) is 2. The summed E-state index contributed by atoms with van der Waals surface area (Å²) in [6, 6.07) is 10.7. The molecule has 2 unspecified atom stereocenters. The van der Waals surface area contributed by atoms with Gasteiger partial charge in [0.05, 0.1) is 28.3 Å². The third kappa shape index (κ3) is 9.67. The fourth-order valence-electron chi connectivity index (χ4n) is 11.5. The van der Waals surface area contributed by atoms with Crippen LogP contribution in [0.1, 0.15) is 73.7 Å². The SMILES string of the molecule is C#Cc1c(F)ccc2cc(O)cc(-c3ncc4c(N5CC6CCC(C5)N6)nc(OCC5(CN6CCN(CCCC7CCN(C(=O)c8ccc(Cl)c(N9CCC(=O)NC9=O)c8)CC7)CC6)CC5)nc4c3F)c12. The van der Waals surface area contributed by atoms with Gasteiger partial charge in [0.1, 0.15) is 28.6 Å². The number of piperidine rings is 1. The summed E-state index contributed by atoms with van der Waals surface area (Å²) in [7, 11) is 0. The van der Waals surface area contributed by atoms with Crippen LogP contribution >= 0.6 is 11.6 Å². The van der Waals surface area contributed by atoms with Crippen molar-refractivity contribution in [1.29, 1.82) is 0 Å². The van der Waals surface area contributed by atoms with E-state index in [0.717, 1.165) is 90.6 Å². The van der Waals surface area contributed by atoms with Crippen LogP contribution in [0.4, 0.5) is 25.1 Å². The Morgan fingerprint density at radius 1 is 0.944 bits per heavy atom. The molecule has 71 heavy (non-hydrogen) atoms. The van der Waals surface area contributed by atoms with E-state index in [2.05, 4.69) is 36.2 Å². The van der Waals surface area contributed by atoms with E-state index in [-0.39, 0.29) is 69.7 Å². The molecule has 7 heterocycles. The van der Waals surface area contributed by atoms with E-state index in [1.807, 2.05) is 4.90 Å². The fraction of sp³-hybridized carbons (Fsp3) is 0.472. The van der Waals surface area contributed by atoms with Gasteiger partial charge in [-0.15, -0.1) is 6.42 Å². The van der Waals surface area contributed by atoms with Crippen LogP contribution in [0.15, 0.2) is 48.7 Å². The molecule has 0 spiro atoms. The van der Waals surface area contributed by atoms with Crippen molar-refractivity contribution < 1.29 is 33.0 Å². The minimum atomic E-state index is -0.734. The highest BCUT2D eigenvalue weighted by atomic mass is 35.5. The topological polar surface area (TPSA) is 160 Å². The van der Waals surface area contributed by atoms with Gasteiger partial charge in [0.2, 0.25) is 5.91 Å². The molecular weight excluding hydrogens is 930 g/mol. The number of aromatic nitrogens is 3. The number of anilines is 2. The Morgan fingerprint density at radius 2 is 1.70 bits per heavy atom. The molecule has 370 valence electrons. The average molecular weight is 988 g/mol. The van der Waals surface area contributed by atoms with Crippen molar-refractivity contribution in [3.63, 3.8) is 0 Å². The van der Waals surface area contributed by atoms with Crippen LogP contribution in [0.2, 0.25) is 5.02 Å². The monoisotopic (exact) mass is 986 g/mol. The molecule has 6 aliphatic rings. The molecule has 5 aliphatic heterocycles. The zero-order valence-corrected chi connectivity index (χ0v) is 40.3. The van der Waals surface area contributed by atoms with E-state index < -0.39 is 17.7 Å². The number of rotatable bonds is 13. The molecule has 15 nitrogen and oxygen atoms in total. The van der Waals surface area contributed by atoms with Crippen LogP contribution in [0.25, 0.3) is 32.9 Å². The summed E-state index contributed by atoms with van der Waals surface area (Å²) in [5.41, 5.74) is 0.902. The molecule has 11 rings (SSSR count). The quantitative estimate of drug-likeness (QED) is 0.104. The summed E-state index contributed by atoms with van der Waals surface area (Å²) in [6.07, 6.45) is 15.7. The van der Waals surface area contributed by atoms with Crippen LogP contribution in [0.3, 0.4) is 0 Å². The predicted molar refractivity (Wildman–Crippen MR) is 267 cm³/mol. The van der Waals surface area contributed by atoms with E-state index in [0.29, 0.717) is 83.7 Å². The summed E-state index contributed by atoms with van der Waals surface area (Å²) in [6.45, 7) is 9.23. The van der Waals surface area contributed by atoms with Gasteiger partial charge in [-0.05, 0) is 106 Å². The first-order chi connectivity index (χ1) is 34.4. The number of imide groups is 1. The van der Waals surface area contributed by atoms with Crippen molar-refractivity contribution in [2.45, 2.75) is 69.9 Å². The number of hydrogen-bond acceptors (Lipinski definition) is 12. The summed E-state index contributed by atoms with van der Waals surface area (Å²) < 4.78 is 38.6. The lowest BCUT2D eigenvalue weighted by atomic mass is 9.91. The third-order valence-corrected chi connectivity index (χ3v) is 15.9. The molecule has 2 aromatic heterocycles. The van der Waals surface area contributed by atoms with Gasteiger partial charge in [-0.1, -0.05) is 23.6 Å². The number of likely N-dealkylation sites (tertiary alicyclic amines) is 1. The smallest absolute Gasteiger partial charge is 0.328 e. The number of halogens is 3. The first-order valence-corrected chi connectivity index (χ1v) is 25.4. The number of benzene rings is 3.